The van der Waals surface area contributed by atoms with Crippen molar-refractivity contribution in [1.29, 1.82) is 0 Å². The minimum atomic E-state index is -0.107. The monoisotopic (exact) mass is 263 g/mol. The molecule has 2 rings (SSSR count). The van der Waals surface area contributed by atoms with Crippen LogP contribution in [0.2, 0.25) is 0 Å². The van der Waals surface area contributed by atoms with E-state index >= 15 is 0 Å². The highest BCUT2D eigenvalue weighted by atomic mass is 16.5. The number of aryl methyl sites for hydroxylation is 1. The van der Waals surface area contributed by atoms with Crippen LogP contribution in [-0.2, 0) is 13.1 Å². The molecule has 0 atom stereocenters. The fraction of sp³-hybridized carbons (Fsp3) is 0.385. The largest absolute Gasteiger partial charge is 0.468 e. The lowest BCUT2D eigenvalue weighted by Crippen LogP contribution is -2.28. The number of hydrogen-bond acceptors (Lipinski definition) is 5. The summed E-state index contributed by atoms with van der Waals surface area (Å²) in [6, 6.07) is 5.57. The Bertz CT molecular complexity index is 575. The highest BCUT2D eigenvalue weighted by Gasteiger charge is 2.06. The Balaban J connectivity index is 1.94. The van der Waals surface area contributed by atoms with Crippen molar-refractivity contribution in [3.8, 4) is 6.01 Å². The molecule has 0 fully saturated rings. The number of aromatic nitrogens is 2. The van der Waals surface area contributed by atoms with Crippen molar-refractivity contribution in [2.75, 3.05) is 13.7 Å². The summed E-state index contributed by atoms with van der Waals surface area (Å²) in [7, 11) is 1.51. The third-order valence-corrected chi connectivity index (χ3v) is 2.68. The predicted molar refractivity (Wildman–Crippen MR) is 70.2 cm³/mol. The molecule has 0 unspecified atom stereocenters. The second-order valence-corrected chi connectivity index (χ2v) is 4.13. The van der Waals surface area contributed by atoms with Crippen LogP contribution < -0.4 is 15.6 Å². The highest BCUT2D eigenvalue weighted by molar-refractivity contribution is 5.06. The van der Waals surface area contributed by atoms with Crippen molar-refractivity contribution in [2.24, 2.45) is 0 Å². The van der Waals surface area contributed by atoms with Gasteiger partial charge in [0.2, 0.25) is 0 Å². The summed E-state index contributed by atoms with van der Waals surface area (Å²) in [5, 5.41) is 3.19. The van der Waals surface area contributed by atoms with Crippen LogP contribution in [0.1, 0.15) is 11.5 Å². The van der Waals surface area contributed by atoms with Crippen molar-refractivity contribution in [3.63, 3.8) is 0 Å². The lowest BCUT2D eigenvalue weighted by Gasteiger charge is -2.11. The number of nitrogens with one attached hydrogen (secondary N) is 1. The average Bonchev–Trinajstić information content (AvgIpc) is 2.89. The van der Waals surface area contributed by atoms with Crippen LogP contribution in [0, 0.1) is 6.92 Å². The molecule has 102 valence electrons. The standard InChI is InChI=1S/C13H17N3O3/c1-10-8-12(17)16(13(15-10)18-2)6-5-14-9-11-4-3-7-19-11/h3-4,7-8,14H,5-6,9H2,1-2H3. The summed E-state index contributed by atoms with van der Waals surface area (Å²) >= 11 is 0. The molecule has 0 saturated carbocycles. The lowest BCUT2D eigenvalue weighted by molar-refractivity contribution is 0.341. The first-order chi connectivity index (χ1) is 9.20. The van der Waals surface area contributed by atoms with Crippen LogP contribution >= 0.6 is 0 Å². The summed E-state index contributed by atoms with van der Waals surface area (Å²) in [6.07, 6.45) is 1.63. The maximum absolute atomic E-state index is 11.8. The van der Waals surface area contributed by atoms with Crippen molar-refractivity contribution in [1.82, 2.24) is 14.9 Å². The van der Waals surface area contributed by atoms with E-state index in [2.05, 4.69) is 10.3 Å². The molecular weight excluding hydrogens is 246 g/mol. The molecule has 1 N–H and O–H groups in total. The summed E-state index contributed by atoms with van der Waals surface area (Å²) in [5.41, 5.74) is 0.547. The second-order valence-electron chi connectivity index (χ2n) is 4.13. The summed E-state index contributed by atoms with van der Waals surface area (Å²) < 4.78 is 11.8. The average molecular weight is 263 g/mol. The summed E-state index contributed by atoms with van der Waals surface area (Å²) in [4.78, 5) is 16.0. The number of methoxy groups -OCH3 is 1. The van der Waals surface area contributed by atoms with E-state index in [1.807, 2.05) is 12.1 Å². The zero-order valence-corrected chi connectivity index (χ0v) is 11.0. The van der Waals surface area contributed by atoms with E-state index in [1.54, 1.807) is 13.2 Å². The third kappa shape index (κ3) is 3.45. The van der Waals surface area contributed by atoms with Gasteiger partial charge in [-0.3, -0.25) is 9.36 Å². The topological polar surface area (TPSA) is 69.3 Å². The Kier molecular flexibility index (Phi) is 4.35. The zero-order valence-electron chi connectivity index (χ0n) is 11.0. The van der Waals surface area contributed by atoms with Crippen LogP contribution in [0.4, 0.5) is 0 Å². The van der Waals surface area contributed by atoms with E-state index in [9.17, 15) is 4.79 Å². The zero-order chi connectivity index (χ0) is 13.7. The predicted octanol–water partition coefficient (Wildman–Crippen LogP) is 0.943. The van der Waals surface area contributed by atoms with E-state index in [-0.39, 0.29) is 5.56 Å². The van der Waals surface area contributed by atoms with Gasteiger partial charge < -0.3 is 14.5 Å². The normalized spacial score (nSPS) is 10.6. The van der Waals surface area contributed by atoms with Crippen molar-refractivity contribution in [2.45, 2.75) is 20.0 Å². The minimum absolute atomic E-state index is 0.107. The molecular formula is C13H17N3O3. The molecule has 6 heteroatoms. The van der Waals surface area contributed by atoms with Gasteiger partial charge in [0.15, 0.2) is 0 Å². The number of nitrogens with zero attached hydrogens (tertiary/aromatic N) is 2. The second kappa shape index (κ2) is 6.19. The van der Waals surface area contributed by atoms with Gasteiger partial charge in [-0.05, 0) is 19.1 Å². The number of rotatable bonds is 6. The van der Waals surface area contributed by atoms with Gasteiger partial charge in [0.1, 0.15) is 5.76 Å². The first-order valence-electron chi connectivity index (χ1n) is 6.06. The van der Waals surface area contributed by atoms with Gasteiger partial charge in [-0.1, -0.05) is 0 Å². The molecule has 0 aromatic carbocycles. The number of ether oxygens (including phenoxy) is 1. The molecule has 0 radical (unpaired) electrons. The van der Waals surface area contributed by atoms with Gasteiger partial charge >= 0.3 is 0 Å². The van der Waals surface area contributed by atoms with Crippen molar-refractivity contribution >= 4 is 0 Å². The van der Waals surface area contributed by atoms with Crippen molar-refractivity contribution in [3.05, 3.63) is 46.3 Å². The SMILES string of the molecule is COc1nc(C)cc(=O)n1CCNCc1ccco1. The van der Waals surface area contributed by atoms with Gasteiger partial charge in [0.05, 0.1) is 19.9 Å². The lowest BCUT2D eigenvalue weighted by atomic mass is 10.4. The van der Waals surface area contributed by atoms with Crippen molar-refractivity contribution < 1.29 is 9.15 Å². The van der Waals surface area contributed by atoms with Crippen LogP contribution in [-0.4, -0.2) is 23.2 Å². The van der Waals surface area contributed by atoms with Crippen LogP contribution in [0.25, 0.3) is 0 Å². The smallest absolute Gasteiger partial charge is 0.299 e. The van der Waals surface area contributed by atoms with E-state index < -0.39 is 0 Å². The van der Waals surface area contributed by atoms with Gasteiger partial charge in [0.25, 0.3) is 11.6 Å². The van der Waals surface area contributed by atoms with Crippen LogP contribution in [0.3, 0.4) is 0 Å². The molecule has 0 amide bonds. The molecule has 0 aliphatic heterocycles. The van der Waals surface area contributed by atoms with Gasteiger partial charge in [-0.25, -0.2) is 4.98 Å². The summed E-state index contributed by atoms with van der Waals surface area (Å²) in [5.74, 6) is 0.862. The van der Waals surface area contributed by atoms with E-state index in [1.165, 1.54) is 17.7 Å². The first kappa shape index (κ1) is 13.4. The molecule has 2 aromatic rings. The Labute approximate surface area is 111 Å². The number of furan rings is 1. The van der Waals surface area contributed by atoms with Gasteiger partial charge in [0, 0.05) is 24.8 Å². The van der Waals surface area contributed by atoms with E-state index in [4.69, 9.17) is 9.15 Å². The molecule has 2 heterocycles. The fourth-order valence-electron chi connectivity index (χ4n) is 1.77. The first-order valence-corrected chi connectivity index (χ1v) is 6.06. The Morgan fingerprint density at radius 3 is 3.05 bits per heavy atom. The molecule has 0 spiro atoms. The molecule has 2 aromatic heterocycles. The molecule has 6 nitrogen and oxygen atoms in total. The Morgan fingerprint density at radius 2 is 2.37 bits per heavy atom. The molecule has 19 heavy (non-hydrogen) atoms. The van der Waals surface area contributed by atoms with Gasteiger partial charge in [-0.15, -0.1) is 0 Å². The minimum Gasteiger partial charge on any atom is -0.468 e. The van der Waals surface area contributed by atoms with Crippen LogP contribution in [0.5, 0.6) is 6.01 Å². The fourth-order valence-corrected chi connectivity index (χ4v) is 1.77. The van der Waals surface area contributed by atoms with Crippen LogP contribution in [0.15, 0.2) is 33.7 Å². The molecule has 0 bridgehead atoms. The van der Waals surface area contributed by atoms with Gasteiger partial charge in [-0.2, -0.15) is 0 Å². The molecule has 0 aliphatic carbocycles. The highest BCUT2D eigenvalue weighted by Crippen LogP contribution is 2.03. The van der Waals surface area contributed by atoms with E-state index in [0.717, 1.165) is 5.76 Å². The van der Waals surface area contributed by atoms with E-state index in [0.29, 0.717) is 31.3 Å². The maximum Gasteiger partial charge on any atom is 0.299 e. The molecule has 0 aliphatic rings. The number of hydrogen-bond donors (Lipinski definition) is 1. The molecule has 0 saturated heterocycles. The summed E-state index contributed by atoms with van der Waals surface area (Å²) in [6.45, 7) is 3.52. The third-order valence-electron chi connectivity index (χ3n) is 2.68. The Hall–Kier alpha value is -2.08. The quantitative estimate of drug-likeness (QED) is 0.786. The maximum atomic E-state index is 11.8. The Morgan fingerprint density at radius 1 is 1.53 bits per heavy atom.